The zero-order valence-electron chi connectivity index (χ0n) is 35.2. The van der Waals surface area contributed by atoms with Gasteiger partial charge in [-0.05, 0) is 46.8 Å². The highest BCUT2D eigenvalue weighted by Gasteiger charge is 2.20. The predicted molar refractivity (Wildman–Crippen MR) is 250 cm³/mol. The van der Waals surface area contributed by atoms with Gasteiger partial charge in [-0.3, -0.25) is 0 Å². The molecule has 0 saturated carbocycles. The first kappa shape index (κ1) is 48.2. The van der Waals surface area contributed by atoms with E-state index in [1.807, 2.05) is 28.0 Å². The third kappa shape index (κ3) is 18.5. The molecule has 4 aromatic rings. The fraction of sp³-hybridized carbons (Fsp3) is 0.667. The Balaban J connectivity index is 0.000000296. The molecule has 0 amide bonds. The third-order valence-electron chi connectivity index (χ3n) is 8.31. The molecule has 0 unspecified atom stereocenters. The Bertz CT molecular complexity index is 1720. The SMILES string of the molecule is C[Si](C)(C)CCOCN(COCC[Si](C)(C)C)c1cc(Cl)nc2c(I)cnn12.C[Si](C)(C)CCOCN(COCC[Si](C)(C)C)c1cc(Cl)nc2ccnn12. The van der Waals surface area contributed by atoms with Gasteiger partial charge in [0.05, 0.1) is 16.0 Å². The molecule has 0 aliphatic heterocycles. The van der Waals surface area contributed by atoms with Gasteiger partial charge >= 0.3 is 0 Å². The molecule has 4 aromatic heterocycles. The van der Waals surface area contributed by atoms with Gasteiger partial charge in [0.25, 0.3) is 0 Å². The molecule has 0 saturated heterocycles. The van der Waals surface area contributed by atoms with E-state index in [2.05, 4.69) is 121 Å². The first-order valence-corrected chi connectivity index (χ1v) is 35.7. The highest BCUT2D eigenvalue weighted by atomic mass is 127. The Kier molecular flexibility index (Phi) is 19.1. The summed E-state index contributed by atoms with van der Waals surface area (Å²) in [6.07, 6.45) is 3.51. The molecule has 12 nitrogen and oxygen atoms in total. The Morgan fingerprint density at radius 3 is 1.36 bits per heavy atom. The van der Waals surface area contributed by atoms with Crippen molar-refractivity contribution in [1.29, 1.82) is 0 Å². The van der Waals surface area contributed by atoms with Crippen LogP contribution in [0.5, 0.6) is 0 Å². The molecule has 0 atom stereocenters. The minimum Gasteiger partial charge on any atom is -0.361 e. The summed E-state index contributed by atoms with van der Waals surface area (Å²) in [6, 6.07) is 9.99. The van der Waals surface area contributed by atoms with Crippen LogP contribution < -0.4 is 9.80 Å². The summed E-state index contributed by atoms with van der Waals surface area (Å²) in [7, 11) is -4.50. The number of hydrogen-bond acceptors (Lipinski definition) is 10. The molecule has 0 bridgehead atoms. The molecule has 0 N–H and O–H groups in total. The number of fused-ring (bicyclic) bond motifs is 2. The van der Waals surface area contributed by atoms with Gasteiger partial charge < -0.3 is 28.7 Å². The molecule has 4 heterocycles. The van der Waals surface area contributed by atoms with Crippen LogP contribution in [0.4, 0.5) is 11.6 Å². The van der Waals surface area contributed by atoms with E-state index in [0.717, 1.165) is 71.5 Å². The van der Waals surface area contributed by atoms with Crippen molar-refractivity contribution in [3.8, 4) is 0 Å². The van der Waals surface area contributed by atoms with Crippen LogP contribution in [0, 0.1) is 3.57 Å². The van der Waals surface area contributed by atoms with Crippen LogP contribution in [0.15, 0.2) is 30.6 Å². The summed E-state index contributed by atoms with van der Waals surface area (Å²) in [5, 5.41) is 9.71. The lowest BCUT2D eigenvalue weighted by atomic mass is 10.5. The second-order valence-corrected chi connectivity index (χ2v) is 43.1. The van der Waals surface area contributed by atoms with E-state index in [1.165, 1.54) is 0 Å². The minimum atomic E-state index is -1.13. The Labute approximate surface area is 357 Å². The van der Waals surface area contributed by atoms with Crippen molar-refractivity contribution in [2.75, 3.05) is 63.2 Å². The van der Waals surface area contributed by atoms with Crippen molar-refractivity contribution in [2.45, 2.75) is 103 Å². The lowest BCUT2D eigenvalue weighted by Gasteiger charge is -2.26. The fourth-order valence-electron chi connectivity index (χ4n) is 4.76. The fourth-order valence-corrected chi connectivity index (χ4v) is 8.62. The zero-order valence-corrected chi connectivity index (χ0v) is 42.9. The van der Waals surface area contributed by atoms with E-state index in [1.54, 1.807) is 21.4 Å². The monoisotopic (exact) mass is 982 g/mol. The van der Waals surface area contributed by atoms with Gasteiger partial charge in [0.2, 0.25) is 0 Å². The smallest absolute Gasteiger partial charge is 0.172 e. The highest BCUT2D eigenvalue weighted by Crippen LogP contribution is 2.24. The summed E-state index contributed by atoms with van der Waals surface area (Å²) < 4.78 is 28.5. The van der Waals surface area contributed by atoms with Gasteiger partial charge in [-0.25, -0.2) is 9.97 Å². The number of hydrogen-bond donors (Lipinski definition) is 0. The van der Waals surface area contributed by atoms with Crippen LogP contribution in [-0.2, 0) is 18.9 Å². The van der Waals surface area contributed by atoms with Crippen LogP contribution in [0.3, 0.4) is 0 Å². The molecule has 0 fully saturated rings. The van der Waals surface area contributed by atoms with Crippen LogP contribution in [-0.4, -0.2) is 115 Å². The molecular formula is C36H65Cl2IN8O4Si4. The summed E-state index contributed by atoms with van der Waals surface area (Å²) >= 11 is 14.7. The van der Waals surface area contributed by atoms with E-state index >= 15 is 0 Å². The number of ether oxygens (including phenoxy) is 4. The van der Waals surface area contributed by atoms with Crippen LogP contribution in [0.1, 0.15) is 0 Å². The largest absolute Gasteiger partial charge is 0.361 e. The Morgan fingerprint density at radius 1 is 0.582 bits per heavy atom. The molecule has 55 heavy (non-hydrogen) atoms. The van der Waals surface area contributed by atoms with Crippen molar-refractivity contribution in [2.24, 2.45) is 0 Å². The standard InChI is InChI=1S/C18H32ClIN4O2Si2.C18H33ClN4O2Si2/c1-27(2,3)9-7-25-13-23(14-26-8-10-28(4,5)6)17-11-16(19)22-18-15(20)12-21-24(17)18;1-26(2,3)11-9-24-14-22(15-25-10-12-27(4,5)6)18-13-16(19)21-17-7-8-20-23(17)18/h11-12H,7-10,13-14H2,1-6H3;7-8,13H,9-12,14-15H2,1-6H3. The van der Waals surface area contributed by atoms with Crippen LogP contribution in [0.2, 0.25) is 113 Å². The lowest BCUT2D eigenvalue weighted by Crippen LogP contribution is -2.33. The van der Waals surface area contributed by atoms with E-state index in [0.29, 0.717) is 42.9 Å². The molecule has 0 aliphatic carbocycles. The molecule has 4 rings (SSSR count). The summed E-state index contributed by atoms with van der Waals surface area (Å²) in [6.45, 7) is 33.0. The zero-order chi connectivity index (χ0) is 41.0. The molecule has 0 aliphatic rings. The lowest BCUT2D eigenvalue weighted by molar-refractivity contribution is 0.0941. The third-order valence-corrected chi connectivity index (χ3v) is 16.3. The number of aromatic nitrogens is 6. The van der Waals surface area contributed by atoms with Crippen molar-refractivity contribution in [3.63, 3.8) is 0 Å². The predicted octanol–water partition coefficient (Wildman–Crippen LogP) is 10.2. The first-order chi connectivity index (χ1) is 25.5. The number of rotatable bonds is 22. The van der Waals surface area contributed by atoms with Crippen molar-refractivity contribution < 1.29 is 18.9 Å². The minimum absolute atomic E-state index is 0.434. The average Bonchev–Trinajstić information content (AvgIpc) is 3.67. The highest BCUT2D eigenvalue weighted by molar-refractivity contribution is 14.1. The molecule has 19 heteroatoms. The topological polar surface area (TPSA) is 104 Å². The quantitative estimate of drug-likeness (QED) is 0.0249. The van der Waals surface area contributed by atoms with Gasteiger partial charge in [0.15, 0.2) is 11.3 Å². The second-order valence-electron chi connectivity index (χ2n) is 18.7. The van der Waals surface area contributed by atoms with Crippen molar-refractivity contribution in [3.05, 3.63) is 44.5 Å². The first-order valence-electron chi connectivity index (χ1n) is 19.0. The van der Waals surface area contributed by atoms with Gasteiger partial charge in [0.1, 0.15) is 48.9 Å². The second kappa shape index (κ2) is 21.7. The maximum atomic E-state index is 6.29. The van der Waals surface area contributed by atoms with E-state index in [-0.39, 0.29) is 0 Å². The molecule has 310 valence electrons. The number of nitrogens with zero attached hydrogens (tertiary/aromatic N) is 8. The molecule has 0 radical (unpaired) electrons. The van der Waals surface area contributed by atoms with E-state index in [9.17, 15) is 0 Å². The Hall–Kier alpha value is -1.14. The van der Waals surface area contributed by atoms with Crippen molar-refractivity contribution in [1.82, 2.24) is 29.2 Å². The van der Waals surface area contributed by atoms with Gasteiger partial charge in [-0.1, -0.05) is 102 Å². The summed E-state index contributed by atoms with van der Waals surface area (Å²) in [4.78, 5) is 12.8. The number of halogens is 3. The van der Waals surface area contributed by atoms with Gasteiger partial charge in [-0.2, -0.15) is 19.2 Å². The number of anilines is 2. The Morgan fingerprint density at radius 2 is 0.964 bits per heavy atom. The van der Waals surface area contributed by atoms with Gasteiger partial charge in [-0.15, -0.1) is 0 Å². The normalized spacial score (nSPS) is 12.7. The summed E-state index contributed by atoms with van der Waals surface area (Å²) in [5.41, 5.74) is 1.46. The van der Waals surface area contributed by atoms with Crippen LogP contribution >= 0.6 is 45.8 Å². The van der Waals surface area contributed by atoms with Crippen molar-refractivity contribution >= 4 is 101 Å². The van der Waals surface area contributed by atoms with Crippen LogP contribution in [0.25, 0.3) is 11.3 Å². The molecular weight excluding hydrogens is 919 g/mol. The average molecular weight is 984 g/mol. The summed E-state index contributed by atoms with van der Waals surface area (Å²) in [5.74, 6) is 1.66. The molecule has 0 aromatic carbocycles. The maximum Gasteiger partial charge on any atom is 0.172 e. The van der Waals surface area contributed by atoms with E-state index < -0.39 is 32.3 Å². The van der Waals surface area contributed by atoms with Gasteiger partial charge in [0, 0.05) is 76.9 Å². The molecule has 0 spiro atoms. The maximum absolute atomic E-state index is 6.29. The van der Waals surface area contributed by atoms with E-state index in [4.69, 9.17) is 42.1 Å².